The molecule has 2 aromatic rings. The van der Waals surface area contributed by atoms with Crippen LogP contribution in [0.25, 0.3) is 0 Å². The number of carbonyl (C=O) groups is 1. The van der Waals surface area contributed by atoms with Crippen LogP contribution >= 0.6 is 0 Å². The number of carbonyl (C=O) groups excluding carboxylic acids is 1. The van der Waals surface area contributed by atoms with Gasteiger partial charge in [-0.3, -0.25) is 9.69 Å². The molecule has 2 N–H and O–H groups in total. The second-order valence-corrected chi connectivity index (χ2v) is 5.77. The summed E-state index contributed by atoms with van der Waals surface area (Å²) in [4.78, 5) is 20.9. The van der Waals surface area contributed by atoms with Gasteiger partial charge in [-0.1, -0.05) is 6.07 Å². The van der Waals surface area contributed by atoms with E-state index in [1.807, 2.05) is 18.2 Å². The quantitative estimate of drug-likeness (QED) is 0.809. The highest BCUT2D eigenvalue weighted by atomic mass is 16.3. The summed E-state index contributed by atoms with van der Waals surface area (Å²) in [6.07, 6.45) is 3.32. The van der Waals surface area contributed by atoms with Crippen molar-refractivity contribution < 1.29 is 14.3 Å². The van der Waals surface area contributed by atoms with Crippen LogP contribution in [0.5, 0.6) is 0 Å². The summed E-state index contributed by atoms with van der Waals surface area (Å²) in [5.74, 6) is 1.42. The Balaban J connectivity index is 1.46. The van der Waals surface area contributed by atoms with Gasteiger partial charge in [-0.05, 0) is 24.3 Å². The molecule has 0 saturated carbocycles. The van der Waals surface area contributed by atoms with E-state index in [9.17, 15) is 9.90 Å². The molecule has 1 aliphatic heterocycles. The monoisotopic (exact) mass is 330 g/mol. The molecule has 2 aromatic heterocycles. The Bertz CT molecular complexity index is 625. The van der Waals surface area contributed by atoms with Gasteiger partial charge in [0.2, 0.25) is 5.91 Å². The molecule has 0 aliphatic carbocycles. The van der Waals surface area contributed by atoms with E-state index < -0.39 is 6.04 Å². The van der Waals surface area contributed by atoms with E-state index in [4.69, 9.17) is 4.42 Å². The van der Waals surface area contributed by atoms with Crippen molar-refractivity contribution in [3.05, 3.63) is 48.6 Å². The summed E-state index contributed by atoms with van der Waals surface area (Å²) < 4.78 is 5.24. The molecule has 1 saturated heterocycles. The van der Waals surface area contributed by atoms with Crippen LogP contribution in [0.15, 0.2) is 47.2 Å². The summed E-state index contributed by atoms with van der Waals surface area (Å²) in [6.45, 7) is 3.40. The molecule has 0 spiro atoms. The number of aliphatic hydroxyl groups excluding tert-OH is 1. The Morgan fingerprint density at radius 1 is 1.25 bits per heavy atom. The zero-order valence-electron chi connectivity index (χ0n) is 13.5. The third kappa shape index (κ3) is 4.12. The number of anilines is 1. The third-order valence-corrected chi connectivity index (χ3v) is 4.12. The lowest BCUT2D eigenvalue weighted by atomic mass is 10.2. The molecule has 0 aromatic carbocycles. The van der Waals surface area contributed by atoms with Gasteiger partial charge >= 0.3 is 0 Å². The number of aromatic nitrogens is 1. The average molecular weight is 330 g/mol. The first-order chi connectivity index (χ1) is 11.8. The molecule has 1 aliphatic rings. The van der Waals surface area contributed by atoms with Gasteiger partial charge in [-0.25, -0.2) is 4.98 Å². The molecular formula is C17H22N4O3. The maximum atomic E-state index is 12.2. The molecule has 24 heavy (non-hydrogen) atoms. The van der Waals surface area contributed by atoms with Crippen LogP contribution in [0.1, 0.15) is 11.8 Å². The van der Waals surface area contributed by atoms with Crippen molar-refractivity contribution in [3.8, 4) is 0 Å². The summed E-state index contributed by atoms with van der Waals surface area (Å²) in [5, 5.41) is 12.2. The topological polar surface area (TPSA) is 81.8 Å². The van der Waals surface area contributed by atoms with Crippen LogP contribution in [-0.4, -0.2) is 60.2 Å². The number of piperazine rings is 1. The predicted molar refractivity (Wildman–Crippen MR) is 89.6 cm³/mol. The van der Waals surface area contributed by atoms with Crippen LogP contribution in [-0.2, 0) is 4.79 Å². The van der Waals surface area contributed by atoms with Crippen LogP contribution in [0.3, 0.4) is 0 Å². The van der Waals surface area contributed by atoms with Crippen molar-refractivity contribution >= 4 is 11.7 Å². The predicted octanol–water partition coefficient (Wildman–Crippen LogP) is 0.646. The highest BCUT2D eigenvalue weighted by Gasteiger charge is 2.22. The van der Waals surface area contributed by atoms with Crippen LogP contribution in [0, 0.1) is 0 Å². The smallest absolute Gasteiger partial charge is 0.234 e. The number of nitrogens with one attached hydrogen (secondary N) is 1. The molecule has 0 bridgehead atoms. The maximum Gasteiger partial charge on any atom is 0.234 e. The SMILES string of the molecule is O=C(CN1CCN(c2ccccn2)CC1)NC(CO)c1ccco1. The van der Waals surface area contributed by atoms with Gasteiger partial charge < -0.3 is 19.7 Å². The van der Waals surface area contributed by atoms with Gasteiger partial charge in [0.15, 0.2) is 0 Å². The highest BCUT2D eigenvalue weighted by Crippen LogP contribution is 2.14. The fourth-order valence-corrected chi connectivity index (χ4v) is 2.82. The van der Waals surface area contributed by atoms with Crippen LogP contribution in [0.4, 0.5) is 5.82 Å². The van der Waals surface area contributed by atoms with E-state index in [1.54, 1.807) is 18.3 Å². The Morgan fingerprint density at radius 3 is 2.71 bits per heavy atom. The number of hydrogen-bond acceptors (Lipinski definition) is 6. The standard InChI is InChI=1S/C17H22N4O3/c22-13-14(15-4-3-11-24-15)19-17(23)12-20-7-9-21(10-8-20)16-5-1-2-6-18-16/h1-6,11,14,22H,7-10,12-13H2,(H,19,23). The molecule has 3 heterocycles. The highest BCUT2D eigenvalue weighted by molar-refractivity contribution is 5.78. The molecule has 1 amide bonds. The van der Waals surface area contributed by atoms with E-state index in [2.05, 4.69) is 20.1 Å². The minimum atomic E-state index is -0.498. The molecule has 1 atom stereocenters. The van der Waals surface area contributed by atoms with Crippen molar-refractivity contribution in [1.82, 2.24) is 15.2 Å². The Labute approximate surface area is 140 Å². The number of hydrogen-bond donors (Lipinski definition) is 2. The summed E-state index contributed by atoms with van der Waals surface area (Å²) in [6, 6.07) is 8.86. The van der Waals surface area contributed by atoms with Gasteiger partial charge in [0, 0.05) is 32.4 Å². The molecule has 1 unspecified atom stereocenters. The van der Waals surface area contributed by atoms with Gasteiger partial charge in [-0.2, -0.15) is 0 Å². The van der Waals surface area contributed by atoms with Gasteiger partial charge in [0.1, 0.15) is 17.6 Å². The summed E-state index contributed by atoms with van der Waals surface area (Å²) in [7, 11) is 0. The Hall–Kier alpha value is -2.38. The lowest BCUT2D eigenvalue weighted by molar-refractivity contribution is -0.123. The molecule has 7 nitrogen and oxygen atoms in total. The lowest BCUT2D eigenvalue weighted by Gasteiger charge is -2.35. The van der Waals surface area contributed by atoms with Gasteiger partial charge in [0.05, 0.1) is 19.4 Å². The number of nitrogens with zero attached hydrogens (tertiary/aromatic N) is 3. The largest absolute Gasteiger partial charge is 0.467 e. The van der Waals surface area contributed by atoms with Crippen molar-refractivity contribution in [2.75, 3.05) is 44.2 Å². The van der Waals surface area contributed by atoms with E-state index in [0.29, 0.717) is 12.3 Å². The first-order valence-corrected chi connectivity index (χ1v) is 8.08. The van der Waals surface area contributed by atoms with Crippen molar-refractivity contribution in [3.63, 3.8) is 0 Å². The first kappa shape index (κ1) is 16.5. The Kier molecular flexibility index (Phi) is 5.45. The summed E-state index contributed by atoms with van der Waals surface area (Å²) >= 11 is 0. The molecule has 1 fully saturated rings. The number of rotatable bonds is 6. The number of furan rings is 1. The fourth-order valence-electron chi connectivity index (χ4n) is 2.82. The molecule has 7 heteroatoms. The van der Waals surface area contributed by atoms with Gasteiger partial charge in [0.25, 0.3) is 0 Å². The van der Waals surface area contributed by atoms with Crippen molar-refractivity contribution in [2.24, 2.45) is 0 Å². The Morgan fingerprint density at radius 2 is 2.08 bits per heavy atom. The first-order valence-electron chi connectivity index (χ1n) is 8.08. The fraction of sp³-hybridized carbons (Fsp3) is 0.412. The minimum Gasteiger partial charge on any atom is -0.467 e. The van der Waals surface area contributed by atoms with E-state index in [1.165, 1.54) is 6.26 Å². The average Bonchev–Trinajstić information content (AvgIpc) is 3.15. The van der Waals surface area contributed by atoms with E-state index in [-0.39, 0.29) is 12.5 Å². The molecule has 0 radical (unpaired) electrons. The minimum absolute atomic E-state index is 0.114. The van der Waals surface area contributed by atoms with Crippen molar-refractivity contribution in [1.29, 1.82) is 0 Å². The molecular weight excluding hydrogens is 308 g/mol. The molecule has 3 rings (SSSR count). The number of pyridine rings is 1. The third-order valence-electron chi connectivity index (χ3n) is 4.12. The maximum absolute atomic E-state index is 12.2. The number of aliphatic hydroxyl groups is 1. The number of amides is 1. The zero-order chi connectivity index (χ0) is 16.8. The zero-order valence-corrected chi connectivity index (χ0v) is 13.5. The summed E-state index contributed by atoms with van der Waals surface area (Å²) in [5.41, 5.74) is 0. The molecule has 128 valence electrons. The lowest BCUT2D eigenvalue weighted by Crippen LogP contribution is -2.50. The van der Waals surface area contributed by atoms with Gasteiger partial charge in [-0.15, -0.1) is 0 Å². The van der Waals surface area contributed by atoms with Crippen molar-refractivity contribution in [2.45, 2.75) is 6.04 Å². The van der Waals surface area contributed by atoms with Crippen LogP contribution in [0.2, 0.25) is 0 Å². The normalized spacial score (nSPS) is 16.8. The second-order valence-electron chi connectivity index (χ2n) is 5.77. The second kappa shape index (κ2) is 7.94. The van der Waals surface area contributed by atoms with Crippen LogP contribution < -0.4 is 10.2 Å². The van der Waals surface area contributed by atoms with E-state index >= 15 is 0 Å². The van der Waals surface area contributed by atoms with E-state index in [0.717, 1.165) is 32.0 Å².